The number of nitrogens with two attached hydrogens (primary N) is 1. The zero-order chi connectivity index (χ0) is 13.8. The van der Waals surface area contributed by atoms with E-state index in [-0.39, 0.29) is 5.41 Å². The molecule has 0 radical (unpaired) electrons. The van der Waals surface area contributed by atoms with Crippen LogP contribution in [-0.2, 0) is 5.41 Å². The van der Waals surface area contributed by atoms with Gasteiger partial charge in [0, 0.05) is 5.56 Å². The maximum Gasteiger partial charge on any atom is 0.332 e. The fourth-order valence-corrected chi connectivity index (χ4v) is 1.56. The average Bonchev–Trinajstić information content (AvgIpc) is 2.27. The van der Waals surface area contributed by atoms with E-state index in [1.807, 2.05) is 18.2 Å². The average molecular weight is 249 g/mol. The molecule has 0 saturated heterocycles. The molecule has 0 saturated carbocycles. The van der Waals surface area contributed by atoms with Crippen LogP contribution in [-0.4, -0.2) is 19.4 Å². The molecular weight excluding hydrogens is 230 g/mol. The van der Waals surface area contributed by atoms with Crippen LogP contribution in [0.2, 0.25) is 0 Å². The summed E-state index contributed by atoms with van der Waals surface area (Å²) in [5.41, 5.74) is 8.99. The van der Waals surface area contributed by atoms with Crippen LogP contribution < -0.4 is 15.9 Å². The molecule has 5 nitrogen and oxygen atoms in total. The van der Waals surface area contributed by atoms with Crippen LogP contribution in [0.15, 0.2) is 23.3 Å². The highest BCUT2D eigenvalue weighted by molar-refractivity contribution is 5.82. The topological polar surface area (TPSA) is 76.7 Å². The van der Waals surface area contributed by atoms with Gasteiger partial charge in [0.2, 0.25) is 0 Å². The van der Waals surface area contributed by atoms with Crippen LogP contribution in [0.3, 0.4) is 0 Å². The van der Waals surface area contributed by atoms with E-state index in [4.69, 9.17) is 10.5 Å². The number of carbonyl (C=O) groups is 1. The second-order valence-corrected chi connectivity index (χ2v) is 4.94. The minimum Gasteiger partial charge on any atom is -0.496 e. The van der Waals surface area contributed by atoms with Crippen molar-refractivity contribution in [3.63, 3.8) is 0 Å². The highest BCUT2D eigenvalue weighted by atomic mass is 16.5. The van der Waals surface area contributed by atoms with E-state index in [9.17, 15) is 4.79 Å². The van der Waals surface area contributed by atoms with Gasteiger partial charge in [-0.05, 0) is 29.2 Å². The summed E-state index contributed by atoms with van der Waals surface area (Å²) >= 11 is 0. The summed E-state index contributed by atoms with van der Waals surface area (Å²) in [6.07, 6.45) is 1.54. The van der Waals surface area contributed by atoms with Gasteiger partial charge in [0.1, 0.15) is 5.75 Å². The first-order valence-electron chi connectivity index (χ1n) is 5.61. The van der Waals surface area contributed by atoms with E-state index in [2.05, 4.69) is 31.3 Å². The van der Waals surface area contributed by atoms with Crippen LogP contribution in [0, 0.1) is 0 Å². The largest absolute Gasteiger partial charge is 0.496 e. The normalized spacial score (nSPS) is 11.6. The van der Waals surface area contributed by atoms with Gasteiger partial charge in [-0.2, -0.15) is 5.10 Å². The minimum atomic E-state index is -0.684. The number of benzene rings is 1. The molecule has 0 bridgehead atoms. The zero-order valence-electron chi connectivity index (χ0n) is 11.2. The van der Waals surface area contributed by atoms with Crippen LogP contribution in [0.4, 0.5) is 4.79 Å². The Morgan fingerprint density at radius 3 is 2.61 bits per heavy atom. The Hall–Kier alpha value is -2.04. The number of carbonyl (C=O) groups excluding carboxylic acids is 1. The Kier molecular flexibility index (Phi) is 4.31. The molecule has 0 atom stereocenters. The summed E-state index contributed by atoms with van der Waals surface area (Å²) < 4.78 is 5.34. The van der Waals surface area contributed by atoms with E-state index in [0.717, 1.165) is 16.9 Å². The lowest BCUT2D eigenvalue weighted by molar-refractivity contribution is 0.249. The zero-order valence-corrected chi connectivity index (χ0v) is 11.2. The SMILES string of the molecule is COc1ccc(/C=N/NC(N)=O)cc1C(C)(C)C. The van der Waals surface area contributed by atoms with Crippen LogP contribution in [0.25, 0.3) is 0 Å². The first kappa shape index (κ1) is 14.0. The minimum absolute atomic E-state index is 0.0354. The second-order valence-electron chi connectivity index (χ2n) is 4.94. The van der Waals surface area contributed by atoms with Gasteiger partial charge in [-0.3, -0.25) is 0 Å². The first-order valence-corrected chi connectivity index (χ1v) is 5.61. The third-order valence-corrected chi connectivity index (χ3v) is 2.42. The van der Waals surface area contributed by atoms with E-state index < -0.39 is 6.03 Å². The van der Waals surface area contributed by atoms with Gasteiger partial charge in [0.25, 0.3) is 0 Å². The smallest absolute Gasteiger partial charge is 0.332 e. The van der Waals surface area contributed by atoms with Gasteiger partial charge < -0.3 is 10.5 Å². The number of urea groups is 1. The number of hydrazone groups is 1. The molecule has 0 unspecified atom stereocenters. The molecule has 5 heteroatoms. The summed E-state index contributed by atoms with van der Waals surface area (Å²) in [4.78, 5) is 10.5. The Morgan fingerprint density at radius 1 is 1.44 bits per heavy atom. The molecule has 98 valence electrons. The molecule has 0 spiro atoms. The van der Waals surface area contributed by atoms with Gasteiger partial charge in [-0.25, -0.2) is 10.2 Å². The van der Waals surface area contributed by atoms with Gasteiger partial charge in [0.05, 0.1) is 13.3 Å². The lowest BCUT2D eigenvalue weighted by Gasteiger charge is -2.22. The second kappa shape index (κ2) is 5.53. The van der Waals surface area contributed by atoms with Crippen molar-refractivity contribution >= 4 is 12.2 Å². The lowest BCUT2D eigenvalue weighted by Crippen LogP contribution is -2.24. The third-order valence-electron chi connectivity index (χ3n) is 2.42. The standard InChI is InChI=1S/C13H19N3O2/c1-13(2,3)10-7-9(5-6-11(10)18-4)8-15-16-12(14)17/h5-8H,1-4H3,(H3,14,16,17)/b15-8+. The van der Waals surface area contributed by atoms with Gasteiger partial charge >= 0.3 is 6.03 Å². The predicted octanol–water partition coefficient (Wildman–Crippen LogP) is 1.99. The van der Waals surface area contributed by atoms with Crippen LogP contribution in [0.5, 0.6) is 5.75 Å². The molecule has 3 N–H and O–H groups in total. The highest BCUT2D eigenvalue weighted by Gasteiger charge is 2.18. The van der Waals surface area contributed by atoms with Crippen molar-refractivity contribution in [3.05, 3.63) is 29.3 Å². The lowest BCUT2D eigenvalue weighted by atomic mass is 9.85. The summed E-state index contributed by atoms with van der Waals surface area (Å²) in [7, 11) is 1.65. The molecule has 0 heterocycles. The number of hydrogen-bond donors (Lipinski definition) is 2. The molecule has 1 rings (SSSR count). The first-order chi connectivity index (χ1) is 8.34. The molecule has 0 aromatic heterocycles. The number of nitrogens with one attached hydrogen (secondary N) is 1. The number of amides is 2. The van der Waals surface area contributed by atoms with Crippen LogP contribution >= 0.6 is 0 Å². The van der Waals surface area contributed by atoms with Crippen molar-refractivity contribution in [3.8, 4) is 5.75 Å². The number of methoxy groups -OCH3 is 1. The number of nitrogens with zero attached hydrogens (tertiary/aromatic N) is 1. The molecule has 0 fully saturated rings. The maximum atomic E-state index is 10.5. The Labute approximate surface area is 107 Å². The fourth-order valence-electron chi connectivity index (χ4n) is 1.56. The molecule has 1 aromatic rings. The molecular formula is C13H19N3O2. The van der Waals surface area contributed by atoms with Gasteiger partial charge in [0.15, 0.2) is 0 Å². The summed E-state index contributed by atoms with van der Waals surface area (Å²) in [5.74, 6) is 0.836. The van der Waals surface area contributed by atoms with Gasteiger partial charge in [-0.15, -0.1) is 0 Å². The van der Waals surface area contributed by atoms with Crippen molar-refractivity contribution in [1.82, 2.24) is 5.43 Å². The van der Waals surface area contributed by atoms with Crippen molar-refractivity contribution in [2.24, 2.45) is 10.8 Å². The Balaban J connectivity index is 3.03. The highest BCUT2D eigenvalue weighted by Crippen LogP contribution is 2.31. The number of rotatable bonds is 3. The molecule has 1 aromatic carbocycles. The molecule has 0 aliphatic carbocycles. The van der Waals surface area contributed by atoms with Gasteiger partial charge in [-0.1, -0.05) is 20.8 Å². The van der Waals surface area contributed by atoms with Crippen molar-refractivity contribution < 1.29 is 9.53 Å². The maximum absolute atomic E-state index is 10.5. The third kappa shape index (κ3) is 3.76. The molecule has 18 heavy (non-hydrogen) atoms. The van der Waals surface area contributed by atoms with Crippen molar-refractivity contribution in [2.75, 3.05) is 7.11 Å². The molecule has 0 aliphatic rings. The summed E-state index contributed by atoms with van der Waals surface area (Å²) in [6.45, 7) is 6.31. The summed E-state index contributed by atoms with van der Waals surface area (Å²) in [6, 6.07) is 5.04. The van der Waals surface area contributed by atoms with E-state index >= 15 is 0 Å². The molecule has 2 amide bonds. The van der Waals surface area contributed by atoms with E-state index in [0.29, 0.717) is 0 Å². The number of primary amides is 1. The Morgan fingerprint density at radius 2 is 2.11 bits per heavy atom. The monoisotopic (exact) mass is 249 g/mol. The summed E-state index contributed by atoms with van der Waals surface area (Å²) in [5, 5.41) is 3.73. The quantitative estimate of drug-likeness (QED) is 0.635. The Bertz CT molecular complexity index is 462. The number of hydrogen-bond acceptors (Lipinski definition) is 3. The van der Waals surface area contributed by atoms with E-state index in [1.54, 1.807) is 13.3 Å². The van der Waals surface area contributed by atoms with E-state index in [1.165, 1.54) is 0 Å². The van der Waals surface area contributed by atoms with Crippen LogP contribution in [0.1, 0.15) is 31.9 Å². The molecule has 0 aliphatic heterocycles. The predicted molar refractivity (Wildman–Crippen MR) is 72.0 cm³/mol. The van der Waals surface area contributed by atoms with Crippen molar-refractivity contribution in [2.45, 2.75) is 26.2 Å². The van der Waals surface area contributed by atoms with Crippen molar-refractivity contribution in [1.29, 1.82) is 0 Å². The number of ether oxygens (including phenoxy) is 1. The fraction of sp³-hybridized carbons (Fsp3) is 0.385.